The summed E-state index contributed by atoms with van der Waals surface area (Å²) in [6, 6.07) is 6.77. The molecule has 3 rings (SSSR count). The molecule has 24 heavy (non-hydrogen) atoms. The highest BCUT2D eigenvalue weighted by Gasteiger charge is 2.26. The molecule has 1 aliphatic heterocycles. The molecular weight excluding hydrogens is 340 g/mol. The van der Waals surface area contributed by atoms with Crippen molar-refractivity contribution >= 4 is 21.7 Å². The number of anilines is 1. The van der Waals surface area contributed by atoms with Gasteiger partial charge in [0.2, 0.25) is 5.91 Å². The van der Waals surface area contributed by atoms with Crippen molar-refractivity contribution in [3.8, 4) is 5.75 Å². The minimum absolute atomic E-state index is 0.167. The molecular formula is C16H13F2NO4S. The normalized spacial score (nSPS) is 13.7. The van der Waals surface area contributed by atoms with Gasteiger partial charge in [0.25, 0.3) is 0 Å². The first-order valence-corrected chi connectivity index (χ1v) is 8.49. The zero-order valence-electron chi connectivity index (χ0n) is 12.6. The standard InChI is InChI=1S/C16H13F2NO4S/c1-10(20)19-7-6-11-2-4-13(9-16(11)19)24(21,22)23-12-3-5-14(17)15(18)8-12/h2-5,8-9H,6-7H2,1H3. The predicted molar refractivity (Wildman–Crippen MR) is 82.3 cm³/mol. The van der Waals surface area contributed by atoms with Crippen molar-refractivity contribution in [1.29, 1.82) is 0 Å². The molecule has 1 heterocycles. The van der Waals surface area contributed by atoms with E-state index in [0.717, 1.165) is 17.7 Å². The van der Waals surface area contributed by atoms with Crippen LogP contribution in [0.5, 0.6) is 5.75 Å². The van der Waals surface area contributed by atoms with Gasteiger partial charge in [0.05, 0.1) is 0 Å². The Morgan fingerprint density at radius 1 is 1.12 bits per heavy atom. The molecule has 1 aliphatic rings. The van der Waals surface area contributed by atoms with Crippen molar-refractivity contribution in [3.63, 3.8) is 0 Å². The maximum Gasteiger partial charge on any atom is 0.339 e. The van der Waals surface area contributed by atoms with Gasteiger partial charge in [0.1, 0.15) is 10.6 Å². The molecule has 8 heteroatoms. The molecule has 0 saturated carbocycles. The minimum atomic E-state index is -4.24. The third-order valence-electron chi connectivity index (χ3n) is 3.72. The number of hydrogen-bond acceptors (Lipinski definition) is 4. The number of carbonyl (C=O) groups excluding carboxylic acids is 1. The van der Waals surface area contributed by atoms with E-state index >= 15 is 0 Å². The number of fused-ring (bicyclic) bond motifs is 1. The van der Waals surface area contributed by atoms with Crippen LogP contribution in [0.25, 0.3) is 0 Å². The fourth-order valence-electron chi connectivity index (χ4n) is 2.55. The number of rotatable bonds is 3. The highest BCUT2D eigenvalue weighted by Crippen LogP contribution is 2.31. The molecule has 0 radical (unpaired) electrons. The van der Waals surface area contributed by atoms with Gasteiger partial charge in [-0.1, -0.05) is 6.07 Å². The summed E-state index contributed by atoms with van der Waals surface area (Å²) in [5.74, 6) is -2.84. The van der Waals surface area contributed by atoms with E-state index in [2.05, 4.69) is 0 Å². The Bertz CT molecular complexity index is 928. The predicted octanol–water partition coefficient (Wildman–Crippen LogP) is 2.64. The third-order valence-corrected chi connectivity index (χ3v) is 4.96. The largest absolute Gasteiger partial charge is 0.379 e. The first-order chi connectivity index (χ1) is 11.3. The average molecular weight is 353 g/mol. The van der Waals surface area contributed by atoms with Gasteiger partial charge in [-0.05, 0) is 36.2 Å². The number of hydrogen-bond donors (Lipinski definition) is 0. The second-order valence-corrected chi connectivity index (χ2v) is 6.87. The number of carbonyl (C=O) groups is 1. The van der Waals surface area contributed by atoms with Crippen molar-refractivity contribution < 1.29 is 26.2 Å². The molecule has 0 saturated heterocycles. The van der Waals surface area contributed by atoms with Crippen molar-refractivity contribution in [2.24, 2.45) is 0 Å². The lowest BCUT2D eigenvalue weighted by Gasteiger charge is -2.15. The van der Waals surface area contributed by atoms with Crippen LogP contribution in [0.1, 0.15) is 12.5 Å². The zero-order valence-corrected chi connectivity index (χ0v) is 13.4. The molecule has 0 aromatic heterocycles. The SMILES string of the molecule is CC(=O)N1CCc2ccc(S(=O)(=O)Oc3ccc(F)c(F)c3)cc21. The van der Waals surface area contributed by atoms with Crippen LogP contribution in [0.3, 0.4) is 0 Å². The minimum Gasteiger partial charge on any atom is -0.379 e. The van der Waals surface area contributed by atoms with Crippen LogP contribution in [-0.4, -0.2) is 20.9 Å². The van der Waals surface area contributed by atoms with Crippen molar-refractivity contribution in [3.05, 3.63) is 53.6 Å². The second-order valence-electron chi connectivity index (χ2n) is 5.32. The summed E-state index contributed by atoms with van der Waals surface area (Å²) < 4.78 is 55.6. The van der Waals surface area contributed by atoms with E-state index in [-0.39, 0.29) is 16.6 Å². The Kier molecular flexibility index (Phi) is 4.00. The summed E-state index contributed by atoms with van der Waals surface area (Å²) in [6.07, 6.45) is 0.638. The van der Waals surface area contributed by atoms with Gasteiger partial charge in [-0.3, -0.25) is 4.79 Å². The highest BCUT2D eigenvalue weighted by atomic mass is 32.2. The first kappa shape index (κ1) is 16.4. The van der Waals surface area contributed by atoms with Gasteiger partial charge >= 0.3 is 10.1 Å². The fourth-order valence-corrected chi connectivity index (χ4v) is 3.49. The van der Waals surface area contributed by atoms with E-state index in [9.17, 15) is 22.0 Å². The molecule has 0 fully saturated rings. The molecule has 1 amide bonds. The summed E-state index contributed by atoms with van der Waals surface area (Å²) >= 11 is 0. The summed E-state index contributed by atoms with van der Waals surface area (Å²) in [5, 5.41) is 0. The topological polar surface area (TPSA) is 63.7 Å². The summed E-state index contributed by atoms with van der Waals surface area (Å²) in [5.41, 5.74) is 1.37. The molecule has 126 valence electrons. The van der Waals surface area contributed by atoms with Gasteiger partial charge in [0.15, 0.2) is 11.6 Å². The Labute approximate surface area is 137 Å². The lowest BCUT2D eigenvalue weighted by molar-refractivity contribution is -0.116. The van der Waals surface area contributed by atoms with Gasteiger partial charge in [0, 0.05) is 25.2 Å². The van der Waals surface area contributed by atoms with Crippen molar-refractivity contribution in [2.45, 2.75) is 18.2 Å². The van der Waals surface area contributed by atoms with Crippen LogP contribution in [-0.2, 0) is 21.3 Å². The molecule has 0 unspecified atom stereocenters. The average Bonchev–Trinajstić information content (AvgIpc) is 2.94. The van der Waals surface area contributed by atoms with Crippen LogP contribution >= 0.6 is 0 Å². The molecule has 2 aromatic rings. The van der Waals surface area contributed by atoms with Crippen molar-refractivity contribution in [1.82, 2.24) is 0 Å². The molecule has 0 aliphatic carbocycles. The summed E-state index contributed by atoms with van der Waals surface area (Å²) in [4.78, 5) is 12.9. The van der Waals surface area contributed by atoms with Crippen LogP contribution in [0, 0.1) is 11.6 Å². The highest BCUT2D eigenvalue weighted by molar-refractivity contribution is 7.87. The third kappa shape index (κ3) is 2.96. The lowest BCUT2D eigenvalue weighted by Crippen LogP contribution is -2.26. The van der Waals surface area contributed by atoms with Crippen LogP contribution < -0.4 is 9.08 Å². The first-order valence-electron chi connectivity index (χ1n) is 7.08. The fraction of sp³-hybridized carbons (Fsp3) is 0.188. The second kappa shape index (κ2) is 5.86. The van der Waals surface area contributed by atoms with Gasteiger partial charge in [-0.25, -0.2) is 8.78 Å². The monoisotopic (exact) mass is 353 g/mol. The van der Waals surface area contributed by atoms with Crippen molar-refractivity contribution in [2.75, 3.05) is 11.4 Å². The van der Waals surface area contributed by atoms with Gasteiger partial charge in [-0.2, -0.15) is 8.42 Å². The Morgan fingerprint density at radius 2 is 1.88 bits per heavy atom. The zero-order chi connectivity index (χ0) is 17.5. The molecule has 0 spiro atoms. The van der Waals surface area contributed by atoms with Crippen LogP contribution in [0.4, 0.5) is 14.5 Å². The molecule has 5 nitrogen and oxygen atoms in total. The quantitative estimate of drug-likeness (QED) is 0.796. The van der Waals surface area contributed by atoms with E-state index < -0.39 is 21.8 Å². The summed E-state index contributed by atoms with van der Waals surface area (Å²) in [7, 11) is -4.24. The van der Waals surface area contributed by atoms with E-state index in [1.165, 1.54) is 24.0 Å². The number of amides is 1. The lowest BCUT2D eigenvalue weighted by atomic mass is 10.2. The maximum atomic E-state index is 13.2. The molecule has 0 atom stereocenters. The number of benzene rings is 2. The molecule has 0 N–H and O–H groups in total. The molecule has 0 bridgehead atoms. The van der Waals surface area contributed by atoms with E-state index in [4.69, 9.17) is 4.18 Å². The maximum absolute atomic E-state index is 13.2. The summed E-state index contributed by atoms with van der Waals surface area (Å²) in [6.45, 7) is 1.88. The van der Waals surface area contributed by atoms with E-state index in [1.807, 2.05) is 0 Å². The van der Waals surface area contributed by atoms with Gasteiger partial charge in [-0.15, -0.1) is 0 Å². The van der Waals surface area contributed by atoms with E-state index in [0.29, 0.717) is 24.7 Å². The Morgan fingerprint density at radius 3 is 2.54 bits per heavy atom. The van der Waals surface area contributed by atoms with Crippen LogP contribution in [0.2, 0.25) is 0 Å². The molecule has 2 aromatic carbocycles. The van der Waals surface area contributed by atoms with E-state index in [1.54, 1.807) is 6.07 Å². The number of nitrogens with zero attached hydrogens (tertiary/aromatic N) is 1. The Hall–Kier alpha value is -2.48. The van der Waals surface area contributed by atoms with Gasteiger partial charge < -0.3 is 9.08 Å². The van der Waals surface area contributed by atoms with Crippen LogP contribution in [0.15, 0.2) is 41.3 Å². The number of halogens is 2. The smallest absolute Gasteiger partial charge is 0.339 e. The Balaban J connectivity index is 1.94.